The Hall–Kier alpha value is -2.37. The summed E-state index contributed by atoms with van der Waals surface area (Å²) in [5.74, 6) is 0.338. The summed E-state index contributed by atoms with van der Waals surface area (Å²) < 4.78 is 0. The third-order valence-electron chi connectivity index (χ3n) is 6.19. The summed E-state index contributed by atoms with van der Waals surface area (Å²) in [4.78, 5) is 38.1. The molecule has 3 fully saturated rings. The van der Waals surface area contributed by atoms with Crippen molar-refractivity contribution in [1.82, 2.24) is 15.8 Å². The molecule has 4 atom stereocenters. The minimum Gasteiger partial charge on any atom is -0.318 e. The third kappa shape index (κ3) is 2.42. The summed E-state index contributed by atoms with van der Waals surface area (Å²) in [5, 5.41) is 3.67. The number of carbonyl (C=O) groups is 3. The zero-order valence-electron chi connectivity index (χ0n) is 14.3. The molecule has 1 saturated heterocycles. The number of imide groups is 1. The Kier molecular flexibility index (Phi) is 3.78. The van der Waals surface area contributed by atoms with Crippen LogP contribution in [0.5, 0.6) is 0 Å². The van der Waals surface area contributed by atoms with E-state index in [2.05, 4.69) is 10.7 Å². The van der Waals surface area contributed by atoms with Crippen LogP contribution >= 0.6 is 0 Å². The van der Waals surface area contributed by atoms with Gasteiger partial charge in [0.25, 0.3) is 5.91 Å². The molecule has 2 N–H and O–H groups in total. The smallest absolute Gasteiger partial charge is 0.318 e. The Labute approximate surface area is 146 Å². The van der Waals surface area contributed by atoms with Crippen LogP contribution in [0, 0.1) is 17.8 Å². The van der Waals surface area contributed by atoms with Crippen molar-refractivity contribution in [1.29, 1.82) is 0 Å². The molecule has 25 heavy (non-hydrogen) atoms. The second-order valence-corrected chi connectivity index (χ2v) is 7.45. The van der Waals surface area contributed by atoms with E-state index in [0.29, 0.717) is 18.3 Å². The zero-order chi connectivity index (χ0) is 17.6. The highest BCUT2D eigenvalue weighted by Gasteiger charge is 2.53. The van der Waals surface area contributed by atoms with Gasteiger partial charge in [0.05, 0.1) is 0 Å². The fraction of sp³-hybridized carbons (Fsp3) is 0.526. The average molecular weight is 341 g/mol. The Morgan fingerprint density at radius 3 is 2.60 bits per heavy atom. The van der Waals surface area contributed by atoms with Gasteiger partial charge >= 0.3 is 6.03 Å². The van der Waals surface area contributed by atoms with E-state index < -0.39 is 17.5 Å². The molecular formula is C19H23N3O3. The zero-order valence-corrected chi connectivity index (χ0v) is 14.3. The van der Waals surface area contributed by atoms with E-state index in [1.54, 1.807) is 0 Å². The van der Waals surface area contributed by atoms with Gasteiger partial charge in [0.1, 0.15) is 5.54 Å². The first-order chi connectivity index (χ1) is 12.0. The van der Waals surface area contributed by atoms with E-state index in [-0.39, 0.29) is 11.8 Å². The van der Waals surface area contributed by atoms with Gasteiger partial charge in [0.2, 0.25) is 5.91 Å². The lowest BCUT2D eigenvalue weighted by Gasteiger charge is -2.26. The maximum Gasteiger partial charge on any atom is 0.344 e. The normalized spacial score (nSPS) is 33.6. The Morgan fingerprint density at radius 2 is 2.00 bits per heavy atom. The highest BCUT2D eigenvalue weighted by molar-refractivity contribution is 6.08. The average Bonchev–Trinajstić information content (AvgIpc) is 3.32. The maximum absolute atomic E-state index is 13.0. The van der Waals surface area contributed by atoms with Crippen molar-refractivity contribution >= 4 is 17.8 Å². The quantitative estimate of drug-likeness (QED) is 0.825. The van der Waals surface area contributed by atoms with Crippen LogP contribution < -0.4 is 10.7 Å². The fourth-order valence-electron chi connectivity index (χ4n) is 4.80. The van der Waals surface area contributed by atoms with Gasteiger partial charge in [-0.2, -0.15) is 5.01 Å². The lowest BCUT2D eigenvalue weighted by molar-refractivity contribution is -0.141. The summed E-state index contributed by atoms with van der Waals surface area (Å²) in [7, 11) is 0. The van der Waals surface area contributed by atoms with E-state index in [1.807, 2.05) is 37.3 Å². The molecule has 1 aromatic carbocycles. The standard InChI is InChI=1S/C19H23N3O3/c1-2-19(14-6-4-3-5-7-14)17(24)22(18(25)20-19)21-16(23)15-11-12-8-9-13(15)10-12/h3-7,12-13,15H,2,8-11H2,1H3,(H,20,25)(H,21,23)/t12-,13-,15-,19-/m0/s1. The van der Waals surface area contributed by atoms with Gasteiger partial charge in [0, 0.05) is 5.92 Å². The molecule has 132 valence electrons. The van der Waals surface area contributed by atoms with E-state index in [9.17, 15) is 14.4 Å². The van der Waals surface area contributed by atoms with Crippen LogP contribution in [0.1, 0.15) is 44.6 Å². The summed E-state index contributed by atoms with van der Waals surface area (Å²) in [5.41, 5.74) is 2.22. The number of benzene rings is 1. The third-order valence-corrected chi connectivity index (χ3v) is 6.19. The number of rotatable bonds is 4. The summed E-state index contributed by atoms with van der Waals surface area (Å²) >= 11 is 0. The van der Waals surface area contributed by atoms with E-state index in [1.165, 1.54) is 6.42 Å². The van der Waals surface area contributed by atoms with E-state index in [0.717, 1.165) is 29.8 Å². The number of nitrogens with zero attached hydrogens (tertiary/aromatic N) is 1. The van der Waals surface area contributed by atoms with Crippen LogP contribution in [0.15, 0.2) is 30.3 Å². The minimum atomic E-state index is -1.11. The van der Waals surface area contributed by atoms with Crippen molar-refractivity contribution in [3.8, 4) is 0 Å². The Bertz CT molecular complexity index is 720. The van der Waals surface area contributed by atoms with Crippen LogP contribution in [0.25, 0.3) is 0 Å². The Balaban J connectivity index is 1.54. The number of carbonyl (C=O) groups excluding carboxylic acids is 3. The molecule has 0 radical (unpaired) electrons. The van der Waals surface area contributed by atoms with Crippen LogP contribution in [-0.2, 0) is 15.1 Å². The summed E-state index contributed by atoms with van der Waals surface area (Å²) in [6.45, 7) is 1.85. The van der Waals surface area contributed by atoms with Gasteiger partial charge in [-0.05, 0) is 43.1 Å². The van der Waals surface area contributed by atoms with Gasteiger partial charge in [-0.3, -0.25) is 15.0 Å². The summed E-state index contributed by atoms with van der Waals surface area (Å²) in [6, 6.07) is 8.62. The second kappa shape index (κ2) is 5.86. The van der Waals surface area contributed by atoms with Crippen LogP contribution in [0.2, 0.25) is 0 Å². The number of urea groups is 1. The van der Waals surface area contributed by atoms with E-state index >= 15 is 0 Å². The molecule has 3 aliphatic rings. The first-order valence-electron chi connectivity index (χ1n) is 9.08. The number of amides is 4. The molecule has 2 bridgehead atoms. The number of hydrazine groups is 1. The highest BCUT2D eigenvalue weighted by Crippen LogP contribution is 2.48. The fourth-order valence-corrected chi connectivity index (χ4v) is 4.80. The molecule has 0 spiro atoms. The van der Waals surface area contributed by atoms with Crippen molar-refractivity contribution in [3.05, 3.63) is 35.9 Å². The highest BCUT2D eigenvalue weighted by atomic mass is 16.2. The molecule has 1 aromatic rings. The molecule has 6 nitrogen and oxygen atoms in total. The number of hydrogen-bond donors (Lipinski definition) is 2. The first-order valence-corrected chi connectivity index (χ1v) is 9.08. The molecule has 0 aromatic heterocycles. The molecule has 4 amide bonds. The topological polar surface area (TPSA) is 78.5 Å². The summed E-state index contributed by atoms with van der Waals surface area (Å²) in [6.07, 6.45) is 4.66. The molecule has 1 aliphatic heterocycles. The lowest BCUT2D eigenvalue weighted by Crippen LogP contribution is -2.50. The monoisotopic (exact) mass is 341 g/mol. The van der Waals surface area contributed by atoms with E-state index in [4.69, 9.17) is 0 Å². The molecule has 2 saturated carbocycles. The first kappa shape index (κ1) is 16.1. The van der Waals surface area contributed by atoms with Gasteiger partial charge in [-0.25, -0.2) is 4.79 Å². The van der Waals surface area contributed by atoms with Crippen LogP contribution in [0.4, 0.5) is 4.79 Å². The Morgan fingerprint density at radius 1 is 1.24 bits per heavy atom. The molecule has 0 unspecified atom stereocenters. The molecule has 6 heteroatoms. The van der Waals surface area contributed by atoms with Gasteiger partial charge in [-0.1, -0.05) is 43.7 Å². The molecule has 1 heterocycles. The van der Waals surface area contributed by atoms with Crippen molar-refractivity contribution in [3.63, 3.8) is 0 Å². The number of fused-ring (bicyclic) bond motifs is 2. The minimum absolute atomic E-state index is 0.0762. The largest absolute Gasteiger partial charge is 0.344 e. The number of nitrogens with one attached hydrogen (secondary N) is 2. The molecule has 4 rings (SSSR count). The second-order valence-electron chi connectivity index (χ2n) is 7.45. The van der Waals surface area contributed by atoms with Crippen molar-refractivity contribution in [2.75, 3.05) is 0 Å². The van der Waals surface area contributed by atoms with Gasteiger partial charge in [0.15, 0.2) is 0 Å². The lowest BCUT2D eigenvalue weighted by atomic mass is 9.87. The molecule has 2 aliphatic carbocycles. The van der Waals surface area contributed by atoms with Crippen molar-refractivity contribution in [2.45, 2.75) is 44.6 Å². The van der Waals surface area contributed by atoms with Gasteiger partial charge < -0.3 is 5.32 Å². The van der Waals surface area contributed by atoms with Gasteiger partial charge in [-0.15, -0.1) is 0 Å². The molecular weight excluding hydrogens is 318 g/mol. The van der Waals surface area contributed by atoms with Crippen molar-refractivity contribution in [2.24, 2.45) is 17.8 Å². The number of hydrogen-bond acceptors (Lipinski definition) is 3. The predicted octanol–water partition coefficient (Wildman–Crippen LogP) is 2.31. The predicted molar refractivity (Wildman–Crippen MR) is 90.9 cm³/mol. The van der Waals surface area contributed by atoms with Crippen molar-refractivity contribution < 1.29 is 14.4 Å². The van der Waals surface area contributed by atoms with Crippen LogP contribution in [0.3, 0.4) is 0 Å². The van der Waals surface area contributed by atoms with Crippen LogP contribution in [-0.4, -0.2) is 22.9 Å². The maximum atomic E-state index is 13.0. The SMILES string of the molecule is CC[C@@]1(c2ccccc2)NC(=O)N(NC(=O)[C@H]2C[C@H]3CC[C@H]2C3)C1=O.